The standard InChI is InChI=1S/C30H31ClN4O4/c1-4-39-28-12-8-7-11-26(28)33-15-17-34(18-16-33)30(36)27-20-24(22-14-13-21(37-2)19-29(22)38-3)32-35(27)25-10-6-5-9-23(25)31/h5-14,19-20H,4,15-18H2,1-3H3. The Bertz CT molecular complexity index is 1460. The van der Waals surface area contributed by atoms with Crippen LogP contribution in [0.3, 0.4) is 0 Å². The zero-order valence-electron chi connectivity index (χ0n) is 22.3. The van der Waals surface area contributed by atoms with E-state index >= 15 is 0 Å². The number of para-hydroxylation sites is 3. The number of carbonyl (C=O) groups is 1. The van der Waals surface area contributed by atoms with Crippen LogP contribution in [0, 0.1) is 0 Å². The number of nitrogens with zero attached hydrogens (tertiary/aromatic N) is 4. The molecular weight excluding hydrogens is 516 g/mol. The maximum absolute atomic E-state index is 13.9. The Labute approximate surface area is 233 Å². The molecule has 1 aliphatic rings. The number of hydrogen-bond donors (Lipinski definition) is 0. The lowest BCUT2D eigenvalue weighted by atomic mass is 10.1. The van der Waals surface area contributed by atoms with Crippen LogP contribution >= 0.6 is 11.6 Å². The molecule has 0 aliphatic carbocycles. The molecule has 3 aromatic carbocycles. The monoisotopic (exact) mass is 546 g/mol. The van der Waals surface area contributed by atoms with E-state index in [1.54, 1.807) is 37.1 Å². The third-order valence-electron chi connectivity index (χ3n) is 6.77. The molecule has 9 heteroatoms. The van der Waals surface area contributed by atoms with Crippen molar-refractivity contribution in [2.75, 3.05) is 51.9 Å². The van der Waals surface area contributed by atoms with Gasteiger partial charge in [0.1, 0.15) is 22.9 Å². The third kappa shape index (κ3) is 5.38. The van der Waals surface area contributed by atoms with Crippen molar-refractivity contribution < 1.29 is 19.0 Å². The molecule has 2 heterocycles. The molecule has 39 heavy (non-hydrogen) atoms. The summed E-state index contributed by atoms with van der Waals surface area (Å²) in [6.45, 7) is 5.08. The minimum Gasteiger partial charge on any atom is -0.497 e. The first-order valence-electron chi connectivity index (χ1n) is 12.9. The van der Waals surface area contributed by atoms with Crippen molar-refractivity contribution in [3.05, 3.63) is 83.5 Å². The Morgan fingerprint density at radius 1 is 0.872 bits per heavy atom. The lowest BCUT2D eigenvalue weighted by Gasteiger charge is -2.36. The number of methoxy groups -OCH3 is 2. The lowest BCUT2D eigenvalue weighted by molar-refractivity contribution is 0.0737. The maximum atomic E-state index is 13.9. The van der Waals surface area contributed by atoms with Crippen molar-refractivity contribution in [1.82, 2.24) is 14.7 Å². The zero-order valence-corrected chi connectivity index (χ0v) is 23.0. The molecule has 1 aromatic heterocycles. The van der Waals surface area contributed by atoms with E-state index in [0.717, 1.165) is 17.0 Å². The quantitative estimate of drug-likeness (QED) is 0.288. The van der Waals surface area contributed by atoms with Gasteiger partial charge in [-0.25, -0.2) is 4.68 Å². The van der Waals surface area contributed by atoms with Crippen LogP contribution in [0.2, 0.25) is 5.02 Å². The molecule has 0 N–H and O–H groups in total. The van der Waals surface area contributed by atoms with Gasteiger partial charge < -0.3 is 24.0 Å². The number of amides is 1. The summed E-state index contributed by atoms with van der Waals surface area (Å²) in [4.78, 5) is 18.1. The summed E-state index contributed by atoms with van der Waals surface area (Å²) in [6, 6.07) is 22.7. The van der Waals surface area contributed by atoms with Gasteiger partial charge in [0.2, 0.25) is 0 Å². The Morgan fingerprint density at radius 2 is 1.59 bits per heavy atom. The molecule has 0 unspecified atom stereocenters. The molecule has 4 aromatic rings. The molecule has 0 radical (unpaired) electrons. The molecule has 0 spiro atoms. The molecule has 1 amide bonds. The van der Waals surface area contributed by atoms with E-state index in [2.05, 4.69) is 11.0 Å². The molecule has 1 saturated heterocycles. The number of carbonyl (C=O) groups excluding carboxylic acids is 1. The first-order chi connectivity index (χ1) is 19.0. The van der Waals surface area contributed by atoms with Gasteiger partial charge >= 0.3 is 0 Å². The second kappa shape index (κ2) is 11.7. The fourth-order valence-electron chi connectivity index (χ4n) is 4.79. The van der Waals surface area contributed by atoms with Crippen molar-refractivity contribution in [2.45, 2.75) is 6.92 Å². The number of piperazine rings is 1. The Kier molecular flexibility index (Phi) is 7.93. The van der Waals surface area contributed by atoms with Crippen LogP contribution in [0.5, 0.6) is 17.2 Å². The van der Waals surface area contributed by atoms with E-state index in [0.29, 0.717) is 66.4 Å². The largest absolute Gasteiger partial charge is 0.497 e. The number of halogens is 1. The van der Waals surface area contributed by atoms with Crippen molar-refractivity contribution >= 4 is 23.2 Å². The van der Waals surface area contributed by atoms with Crippen molar-refractivity contribution in [3.8, 4) is 34.2 Å². The smallest absolute Gasteiger partial charge is 0.272 e. The van der Waals surface area contributed by atoms with Gasteiger partial charge in [0.15, 0.2) is 0 Å². The first-order valence-corrected chi connectivity index (χ1v) is 13.2. The highest BCUT2D eigenvalue weighted by Crippen LogP contribution is 2.35. The summed E-state index contributed by atoms with van der Waals surface area (Å²) in [5.74, 6) is 2.01. The SMILES string of the molecule is CCOc1ccccc1N1CCN(C(=O)c2cc(-c3ccc(OC)cc3OC)nn2-c2ccccc2Cl)CC1. The van der Waals surface area contributed by atoms with Crippen molar-refractivity contribution in [2.24, 2.45) is 0 Å². The van der Waals surface area contributed by atoms with Crippen molar-refractivity contribution in [3.63, 3.8) is 0 Å². The highest BCUT2D eigenvalue weighted by atomic mass is 35.5. The average molecular weight is 547 g/mol. The minimum absolute atomic E-state index is 0.112. The summed E-state index contributed by atoms with van der Waals surface area (Å²) < 4.78 is 18.4. The van der Waals surface area contributed by atoms with Gasteiger partial charge in [0, 0.05) is 37.8 Å². The van der Waals surface area contributed by atoms with E-state index in [1.807, 2.05) is 60.4 Å². The normalized spacial score (nSPS) is 13.3. The number of ether oxygens (including phenoxy) is 3. The Balaban J connectivity index is 1.46. The summed E-state index contributed by atoms with van der Waals surface area (Å²) in [6.07, 6.45) is 0. The minimum atomic E-state index is -0.112. The third-order valence-corrected chi connectivity index (χ3v) is 7.09. The summed E-state index contributed by atoms with van der Waals surface area (Å²) >= 11 is 6.56. The Hall–Kier alpha value is -4.17. The lowest BCUT2D eigenvalue weighted by Crippen LogP contribution is -2.49. The topological polar surface area (TPSA) is 69.1 Å². The number of rotatable bonds is 8. The van der Waals surface area contributed by atoms with E-state index in [-0.39, 0.29) is 5.91 Å². The molecule has 1 fully saturated rings. The van der Waals surface area contributed by atoms with Crippen LogP contribution < -0.4 is 19.1 Å². The predicted octanol–water partition coefficient (Wildman–Crippen LogP) is 5.57. The second-order valence-corrected chi connectivity index (χ2v) is 9.43. The number of benzene rings is 3. The van der Waals surface area contributed by atoms with Crippen LogP contribution in [-0.4, -0.2) is 67.6 Å². The van der Waals surface area contributed by atoms with Gasteiger partial charge in [-0.05, 0) is 49.4 Å². The molecule has 5 rings (SSSR count). The highest BCUT2D eigenvalue weighted by Gasteiger charge is 2.28. The maximum Gasteiger partial charge on any atom is 0.272 e. The van der Waals surface area contributed by atoms with Gasteiger partial charge in [-0.1, -0.05) is 35.9 Å². The molecule has 1 aliphatic heterocycles. The summed E-state index contributed by atoms with van der Waals surface area (Å²) in [5.41, 5.74) is 3.45. The molecular formula is C30H31ClN4O4. The summed E-state index contributed by atoms with van der Waals surface area (Å²) in [5, 5.41) is 5.32. The second-order valence-electron chi connectivity index (χ2n) is 9.02. The van der Waals surface area contributed by atoms with Gasteiger partial charge in [-0.3, -0.25) is 4.79 Å². The van der Waals surface area contributed by atoms with Gasteiger partial charge in [0.05, 0.1) is 42.9 Å². The average Bonchev–Trinajstić information content (AvgIpc) is 3.42. The first kappa shape index (κ1) is 26.4. The van der Waals surface area contributed by atoms with Crippen LogP contribution in [-0.2, 0) is 0 Å². The fraction of sp³-hybridized carbons (Fsp3) is 0.267. The van der Waals surface area contributed by atoms with Gasteiger partial charge in [-0.2, -0.15) is 5.10 Å². The Morgan fingerprint density at radius 3 is 2.28 bits per heavy atom. The van der Waals surface area contributed by atoms with Gasteiger partial charge in [-0.15, -0.1) is 0 Å². The molecule has 0 saturated carbocycles. The molecule has 8 nitrogen and oxygen atoms in total. The van der Waals surface area contributed by atoms with Crippen molar-refractivity contribution in [1.29, 1.82) is 0 Å². The van der Waals surface area contributed by atoms with E-state index in [1.165, 1.54) is 0 Å². The number of hydrogen-bond acceptors (Lipinski definition) is 6. The van der Waals surface area contributed by atoms with Crippen LogP contribution in [0.1, 0.15) is 17.4 Å². The van der Waals surface area contributed by atoms with E-state index < -0.39 is 0 Å². The molecule has 0 atom stereocenters. The highest BCUT2D eigenvalue weighted by molar-refractivity contribution is 6.32. The van der Waals surface area contributed by atoms with E-state index in [9.17, 15) is 4.79 Å². The fourth-order valence-corrected chi connectivity index (χ4v) is 5.01. The predicted molar refractivity (Wildman–Crippen MR) is 153 cm³/mol. The van der Waals surface area contributed by atoms with Crippen LogP contribution in [0.15, 0.2) is 72.8 Å². The molecule has 0 bridgehead atoms. The summed E-state index contributed by atoms with van der Waals surface area (Å²) in [7, 11) is 3.20. The zero-order chi connectivity index (χ0) is 27.4. The number of aromatic nitrogens is 2. The van der Waals surface area contributed by atoms with Crippen LogP contribution in [0.25, 0.3) is 16.9 Å². The van der Waals surface area contributed by atoms with E-state index in [4.69, 9.17) is 30.9 Å². The van der Waals surface area contributed by atoms with Crippen LogP contribution in [0.4, 0.5) is 5.69 Å². The molecule has 202 valence electrons. The number of anilines is 1. The van der Waals surface area contributed by atoms with Gasteiger partial charge in [0.25, 0.3) is 5.91 Å².